The molecule has 26 heavy (non-hydrogen) atoms. The highest BCUT2D eigenvalue weighted by Gasteiger charge is 2.37. The molecule has 0 spiro atoms. The highest BCUT2D eigenvalue weighted by atomic mass is 32.2. The molecule has 1 heterocycles. The average molecular weight is 367 g/mol. The molecule has 1 atom stereocenters. The lowest BCUT2D eigenvalue weighted by Crippen LogP contribution is -2.43. The van der Waals surface area contributed by atoms with Crippen LogP contribution < -0.4 is 0 Å². The van der Waals surface area contributed by atoms with Crippen LogP contribution in [-0.4, -0.2) is 34.4 Å². The molecule has 0 bridgehead atoms. The van der Waals surface area contributed by atoms with Crippen LogP contribution >= 0.6 is 11.8 Å². The van der Waals surface area contributed by atoms with E-state index in [4.69, 9.17) is 4.74 Å². The van der Waals surface area contributed by atoms with Gasteiger partial charge in [-0.2, -0.15) is 0 Å². The van der Waals surface area contributed by atoms with Crippen molar-refractivity contribution < 1.29 is 14.3 Å². The summed E-state index contributed by atoms with van der Waals surface area (Å²) in [6, 6.07) is 18.7. The summed E-state index contributed by atoms with van der Waals surface area (Å²) in [5, 5.41) is 0. The fourth-order valence-corrected chi connectivity index (χ4v) is 4.00. The third-order valence-electron chi connectivity index (χ3n) is 4.22. The van der Waals surface area contributed by atoms with Gasteiger partial charge in [-0.1, -0.05) is 67.2 Å². The van der Waals surface area contributed by atoms with Crippen LogP contribution in [0.15, 0.2) is 72.8 Å². The SMILES string of the molecule is C=C(C)C(=O)N1CSCC1C(=O)OC(c1ccccc1)c1ccccc1. The molecule has 0 aliphatic carbocycles. The normalized spacial score (nSPS) is 16.5. The van der Waals surface area contributed by atoms with Gasteiger partial charge in [0.1, 0.15) is 6.04 Å². The zero-order valence-electron chi connectivity index (χ0n) is 14.6. The molecular weight excluding hydrogens is 346 g/mol. The number of ether oxygens (including phenoxy) is 1. The van der Waals surface area contributed by atoms with Gasteiger partial charge >= 0.3 is 5.97 Å². The van der Waals surface area contributed by atoms with Crippen molar-refractivity contribution in [3.05, 3.63) is 83.9 Å². The highest BCUT2D eigenvalue weighted by Crippen LogP contribution is 2.29. The van der Waals surface area contributed by atoms with E-state index in [0.29, 0.717) is 17.2 Å². The fraction of sp³-hybridized carbons (Fsp3) is 0.238. The Labute approximate surface area is 157 Å². The number of thioether (sulfide) groups is 1. The molecule has 5 heteroatoms. The minimum atomic E-state index is -0.584. The van der Waals surface area contributed by atoms with E-state index in [1.165, 1.54) is 0 Å². The quantitative estimate of drug-likeness (QED) is 0.596. The molecule has 2 aromatic rings. The predicted molar refractivity (Wildman–Crippen MR) is 104 cm³/mol. The first-order valence-electron chi connectivity index (χ1n) is 8.42. The van der Waals surface area contributed by atoms with Crippen molar-refractivity contribution in [2.45, 2.75) is 19.1 Å². The molecule has 1 aliphatic rings. The first kappa shape index (κ1) is 18.3. The van der Waals surface area contributed by atoms with Crippen LogP contribution in [0.3, 0.4) is 0 Å². The third kappa shape index (κ3) is 3.99. The van der Waals surface area contributed by atoms with Crippen LogP contribution in [0.5, 0.6) is 0 Å². The van der Waals surface area contributed by atoms with E-state index >= 15 is 0 Å². The molecule has 0 aromatic heterocycles. The van der Waals surface area contributed by atoms with Crippen LogP contribution in [-0.2, 0) is 14.3 Å². The van der Waals surface area contributed by atoms with E-state index in [1.807, 2.05) is 60.7 Å². The lowest BCUT2D eigenvalue weighted by molar-refractivity contribution is -0.155. The van der Waals surface area contributed by atoms with Crippen LogP contribution in [0.1, 0.15) is 24.2 Å². The van der Waals surface area contributed by atoms with Crippen molar-refractivity contribution in [2.75, 3.05) is 11.6 Å². The largest absolute Gasteiger partial charge is 0.451 e. The van der Waals surface area contributed by atoms with Crippen LogP contribution in [0.25, 0.3) is 0 Å². The number of benzene rings is 2. The summed E-state index contributed by atoms with van der Waals surface area (Å²) >= 11 is 1.55. The van der Waals surface area contributed by atoms with Crippen molar-refractivity contribution in [1.82, 2.24) is 4.90 Å². The molecule has 1 aliphatic heterocycles. The minimum Gasteiger partial charge on any atom is -0.451 e. The summed E-state index contributed by atoms with van der Waals surface area (Å²) in [6.45, 7) is 5.35. The lowest BCUT2D eigenvalue weighted by Gasteiger charge is -2.25. The van der Waals surface area contributed by atoms with Gasteiger partial charge in [-0.05, 0) is 18.1 Å². The van der Waals surface area contributed by atoms with E-state index in [2.05, 4.69) is 6.58 Å². The summed E-state index contributed by atoms with van der Waals surface area (Å²) < 4.78 is 5.89. The Balaban J connectivity index is 1.84. The Bertz CT molecular complexity index is 752. The maximum atomic E-state index is 12.9. The molecule has 1 amide bonds. The molecule has 1 saturated heterocycles. The highest BCUT2D eigenvalue weighted by molar-refractivity contribution is 7.99. The maximum Gasteiger partial charge on any atom is 0.330 e. The molecule has 0 N–H and O–H groups in total. The Morgan fingerprint density at radius 2 is 1.62 bits per heavy atom. The van der Waals surface area contributed by atoms with Gasteiger partial charge in [-0.15, -0.1) is 11.8 Å². The average Bonchev–Trinajstić information content (AvgIpc) is 3.16. The van der Waals surface area contributed by atoms with Crippen molar-refractivity contribution in [3.8, 4) is 0 Å². The standard InChI is InChI=1S/C21H21NO3S/c1-15(2)20(23)22-14-26-13-18(22)21(24)25-19(16-9-5-3-6-10-16)17-11-7-4-8-12-17/h3-12,18-19H,1,13-14H2,2H3. The second-order valence-electron chi connectivity index (χ2n) is 6.21. The topological polar surface area (TPSA) is 46.6 Å². The zero-order valence-corrected chi connectivity index (χ0v) is 15.4. The molecule has 134 valence electrons. The van der Waals surface area contributed by atoms with Gasteiger partial charge in [0.15, 0.2) is 6.10 Å². The fourth-order valence-electron chi connectivity index (χ4n) is 2.86. The van der Waals surface area contributed by atoms with Crippen molar-refractivity contribution in [3.63, 3.8) is 0 Å². The number of carbonyl (C=O) groups excluding carboxylic acids is 2. The van der Waals surface area contributed by atoms with Gasteiger partial charge in [0.05, 0.1) is 5.88 Å². The van der Waals surface area contributed by atoms with E-state index in [0.717, 1.165) is 11.1 Å². The number of hydrogen-bond donors (Lipinski definition) is 0. The number of hydrogen-bond acceptors (Lipinski definition) is 4. The number of rotatable bonds is 5. The first-order chi connectivity index (χ1) is 12.6. The van der Waals surface area contributed by atoms with Gasteiger partial charge < -0.3 is 9.64 Å². The van der Waals surface area contributed by atoms with E-state index in [1.54, 1.807) is 23.6 Å². The monoisotopic (exact) mass is 367 g/mol. The molecule has 0 radical (unpaired) electrons. The summed E-state index contributed by atoms with van der Waals surface area (Å²) in [5.41, 5.74) is 2.22. The Hall–Kier alpha value is -2.53. The van der Waals surface area contributed by atoms with Crippen LogP contribution in [0.2, 0.25) is 0 Å². The van der Waals surface area contributed by atoms with E-state index < -0.39 is 12.1 Å². The molecule has 2 aromatic carbocycles. The molecule has 0 saturated carbocycles. The number of amides is 1. The summed E-state index contributed by atoms with van der Waals surface area (Å²) in [7, 11) is 0. The Kier molecular flexibility index (Phi) is 5.78. The van der Waals surface area contributed by atoms with Crippen molar-refractivity contribution >= 4 is 23.6 Å². The van der Waals surface area contributed by atoms with Gasteiger partial charge in [0.2, 0.25) is 5.91 Å². The lowest BCUT2D eigenvalue weighted by atomic mass is 10.0. The molecule has 4 nitrogen and oxygen atoms in total. The minimum absolute atomic E-state index is 0.201. The predicted octanol–water partition coefficient (Wildman–Crippen LogP) is 3.80. The van der Waals surface area contributed by atoms with Gasteiger partial charge in [0.25, 0.3) is 0 Å². The maximum absolute atomic E-state index is 12.9. The van der Waals surface area contributed by atoms with Gasteiger partial charge in [-0.3, -0.25) is 4.79 Å². The second kappa shape index (κ2) is 8.23. The summed E-state index contributed by atoms with van der Waals surface area (Å²) in [5.74, 6) is 0.427. The first-order valence-corrected chi connectivity index (χ1v) is 9.58. The smallest absolute Gasteiger partial charge is 0.330 e. The van der Waals surface area contributed by atoms with E-state index in [-0.39, 0.29) is 11.9 Å². The Morgan fingerprint density at radius 1 is 1.08 bits per heavy atom. The van der Waals surface area contributed by atoms with Gasteiger partial charge in [-0.25, -0.2) is 4.79 Å². The summed E-state index contributed by atoms with van der Waals surface area (Å²) in [6.07, 6.45) is -0.503. The van der Waals surface area contributed by atoms with Crippen LogP contribution in [0, 0.1) is 0 Å². The van der Waals surface area contributed by atoms with Gasteiger partial charge in [0, 0.05) is 11.3 Å². The summed E-state index contributed by atoms with van der Waals surface area (Å²) in [4.78, 5) is 26.7. The number of esters is 1. The molecule has 1 fully saturated rings. The van der Waals surface area contributed by atoms with Crippen molar-refractivity contribution in [2.24, 2.45) is 0 Å². The molecule has 3 rings (SSSR count). The van der Waals surface area contributed by atoms with Crippen molar-refractivity contribution in [1.29, 1.82) is 0 Å². The number of carbonyl (C=O) groups is 2. The second-order valence-corrected chi connectivity index (χ2v) is 7.21. The Morgan fingerprint density at radius 3 is 2.12 bits per heavy atom. The number of nitrogens with zero attached hydrogens (tertiary/aromatic N) is 1. The molecular formula is C21H21NO3S. The third-order valence-corrected chi connectivity index (χ3v) is 5.23. The van der Waals surface area contributed by atoms with Crippen LogP contribution in [0.4, 0.5) is 0 Å². The zero-order chi connectivity index (χ0) is 18.5. The molecule has 1 unspecified atom stereocenters. The van der Waals surface area contributed by atoms with E-state index in [9.17, 15) is 9.59 Å².